The van der Waals surface area contributed by atoms with Gasteiger partial charge in [0.15, 0.2) is 0 Å². The van der Waals surface area contributed by atoms with Crippen LogP contribution in [-0.2, 0) is 6.42 Å². The lowest BCUT2D eigenvalue weighted by molar-refractivity contribution is 0.416. The van der Waals surface area contributed by atoms with Crippen LogP contribution in [0.25, 0.3) is 0 Å². The van der Waals surface area contributed by atoms with Crippen molar-refractivity contribution in [3.8, 4) is 0 Å². The molecule has 0 saturated carbocycles. The van der Waals surface area contributed by atoms with Gasteiger partial charge in [-0.1, -0.05) is 6.92 Å². The molecule has 0 unspecified atom stereocenters. The second-order valence-electron chi connectivity index (χ2n) is 4.14. The van der Waals surface area contributed by atoms with Crippen molar-refractivity contribution >= 4 is 11.6 Å². The first kappa shape index (κ1) is 12.7. The van der Waals surface area contributed by atoms with Crippen molar-refractivity contribution in [1.82, 2.24) is 14.9 Å². The summed E-state index contributed by atoms with van der Waals surface area (Å²) in [5, 5.41) is 0. The Bertz CT molecular complexity index is 337. The summed E-state index contributed by atoms with van der Waals surface area (Å²) in [6.07, 6.45) is 2.38. The fraction of sp³-hybridized carbons (Fsp3) is 0.636. The van der Waals surface area contributed by atoms with Crippen LogP contribution in [0.3, 0.4) is 0 Å². The molecule has 0 bridgehead atoms. The number of anilines is 2. The second kappa shape index (κ2) is 5.65. The molecule has 2 N–H and O–H groups in total. The number of hydrogen-bond donors (Lipinski definition) is 1. The Morgan fingerprint density at radius 3 is 2.44 bits per heavy atom. The van der Waals surface area contributed by atoms with Crippen LogP contribution >= 0.6 is 0 Å². The van der Waals surface area contributed by atoms with Gasteiger partial charge in [0.2, 0.25) is 0 Å². The van der Waals surface area contributed by atoms with E-state index in [0.717, 1.165) is 30.9 Å². The van der Waals surface area contributed by atoms with Crippen LogP contribution < -0.4 is 10.6 Å². The van der Waals surface area contributed by atoms with Crippen LogP contribution in [-0.4, -0.2) is 49.1 Å². The first-order valence-electron chi connectivity index (χ1n) is 5.51. The van der Waals surface area contributed by atoms with Crippen LogP contribution in [0.15, 0.2) is 6.33 Å². The van der Waals surface area contributed by atoms with E-state index >= 15 is 0 Å². The average Bonchev–Trinajstić information content (AvgIpc) is 2.25. The summed E-state index contributed by atoms with van der Waals surface area (Å²) >= 11 is 0. The highest BCUT2D eigenvalue weighted by molar-refractivity contribution is 5.56. The standard InChI is InChI=1S/C11H21N5/c1-5-9-10(12)13-8-14-11(9)16(4)7-6-15(2)3/h8H,5-7H2,1-4H3,(H2,12,13,14). The van der Waals surface area contributed by atoms with E-state index < -0.39 is 0 Å². The molecule has 0 radical (unpaired) electrons. The number of nitrogens with zero attached hydrogens (tertiary/aromatic N) is 4. The maximum atomic E-state index is 5.84. The molecule has 0 aliphatic rings. The van der Waals surface area contributed by atoms with Crippen LogP contribution in [0.4, 0.5) is 11.6 Å². The molecule has 1 heterocycles. The van der Waals surface area contributed by atoms with Crippen molar-refractivity contribution in [1.29, 1.82) is 0 Å². The van der Waals surface area contributed by atoms with Crippen LogP contribution in [0.1, 0.15) is 12.5 Å². The van der Waals surface area contributed by atoms with E-state index in [1.54, 1.807) is 0 Å². The predicted octanol–water partition coefficient (Wildman–Crippen LogP) is 0.619. The van der Waals surface area contributed by atoms with Crippen molar-refractivity contribution in [2.75, 3.05) is 44.9 Å². The lowest BCUT2D eigenvalue weighted by atomic mass is 10.2. The van der Waals surface area contributed by atoms with Crippen LogP contribution in [0.5, 0.6) is 0 Å². The summed E-state index contributed by atoms with van der Waals surface area (Å²) in [6, 6.07) is 0. The number of aromatic nitrogens is 2. The second-order valence-corrected chi connectivity index (χ2v) is 4.14. The maximum absolute atomic E-state index is 5.84. The lowest BCUT2D eigenvalue weighted by Crippen LogP contribution is -2.30. The minimum atomic E-state index is 0.587. The first-order chi connectivity index (χ1) is 7.56. The zero-order chi connectivity index (χ0) is 12.1. The van der Waals surface area contributed by atoms with Gasteiger partial charge in [-0.05, 0) is 20.5 Å². The molecule has 0 atom stereocenters. The minimum Gasteiger partial charge on any atom is -0.383 e. The molecule has 0 fully saturated rings. The van der Waals surface area contributed by atoms with Crippen molar-refractivity contribution in [2.24, 2.45) is 0 Å². The largest absolute Gasteiger partial charge is 0.383 e. The molecule has 0 aromatic carbocycles. The fourth-order valence-corrected chi connectivity index (χ4v) is 1.54. The maximum Gasteiger partial charge on any atom is 0.137 e. The molecule has 16 heavy (non-hydrogen) atoms. The SMILES string of the molecule is CCc1c(N)ncnc1N(C)CCN(C)C. The molecule has 1 rings (SSSR count). The van der Waals surface area contributed by atoms with Crippen LogP contribution in [0.2, 0.25) is 0 Å². The smallest absolute Gasteiger partial charge is 0.137 e. The number of nitrogen functional groups attached to an aromatic ring is 1. The van der Waals surface area contributed by atoms with Gasteiger partial charge in [0.1, 0.15) is 18.0 Å². The number of nitrogens with two attached hydrogens (primary N) is 1. The van der Waals surface area contributed by atoms with E-state index in [0.29, 0.717) is 5.82 Å². The van der Waals surface area contributed by atoms with Crippen LogP contribution in [0, 0.1) is 0 Å². The molecule has 1 aromatic rings. The molecular weight excluding hydrogens is 202 g/mol. The summed E-state index contributed by atoms with van der Waals surface area (Å²) in [4.78, 5) is 12.6. The molecule has 0 spiro atoms. The van der Waals surface area contributed by atoms with Gasteiger partial charge in [0.05, 0.1) is 0 Å². The van der Waals surface area contributed by atoms with Gasteiger partial charge in [-0.3, -0.25) is 0 Å². The molecule has 90 valence electrons. The lowest BCUT2D eigenvalue weighted by Gasteiger charge is -2.22. The normalized spacial score (nSPS) is 10.8. The van der Waals surface area contributed by atoms with E-state index in [2.05, 4.69) is 40.8 Å². The summed E-state index contributed by atoms with van der Waals surface area (Å²) in [6.45, 7) is 3.98. The first-order valence-corrected chi connectivity index (χ1v) is 5.51. The summed E-state index contributed by atoms with van der Waals surface area (Å²) in [5.41, 5.74) is 6.87. The summed E-state index contributed by atoms with van der Waals surface area (Å²) in [5.74, 6) is 1.53. The van der Waals surface area contributed by atoms with Gasteiger partial charge in [0, 0.05) is 25.7 Å². The predicted molar refractivity (Wildman–Crippen MR) is 67.6 cm³/mol. The average molecular weight is 223 g/mol. The van der Waals surface area contributed by atoms with Crippen molar-refractivity contribution in [3.63, 3.8) is 0 Å². The molecule has 1 aromatic heterocycles. The fourth-order valence-electron chi connectivity index (χ4n) is 1.54. The van der Waals surface area contributed by atoms with Gasteiger partial charge >= 0.3 is 0 Å². The highest BCUT2D eigenvalue weighted by Gasteiger charge is 2.11. The van der Waals surface area contributed by atoms with E-state index in [1.807, 2.05) is 7.05 Å². The highest BCUT2D eigenvalue weighted by Crippen LogP contribution is 2.20. The van der Waals surface area contributed by atoms with E-state index in [9.17, 15) is 0 Å². The number of hydrogen-bond acceptors (Lipinski definition) is 5. The van der Waals surface area contributed by atoms with Gasteiger partial charge in [0.25, 0.3) is 0 Å². The Balaban J connectivity index is 2.82. The van der Waals surface area contributed by atoms with Crippen molar-refractivity contribution in [3.05, 3.63) is 11.9 Å². The molecule has 0 saturated heterocycles. The van der Waals surface area contributed by atoms with Gasteiger partial charge in [-0.15, -0.1) is 0 Å². The summed E-state index contributed by atoms with van der Waals surface area (Å²) in [7, 11) is 6.15. The Morgan fingerprint density at radius 1 is 1.19 bits per heavy atom. The van der Waals surface area contributed by atoms with Gasteiger partial charge < -0.3 is 15.5 Å². The van der Waals surface area contributed by atoms with Crippen molar-refractivity contribution < 1.29 is 0 Å². The topological polar surface area (TPSA) is 58.3 Å². The molecule has 0 aliphatic carbocycles. The molecule has 5 heteroatoms. The monoisotopic (exact) mass is 223 g/mol. The number of likely N-dealkylation sites (N-methyl/N-ethyl adjacent to an activating group) is 2. The Hall–Kier alpha value is -1.36. The Kier molecular flexibility index (Phi) is 4.49. The third-order valence-electron chi connectivity index (χ3n) is 2.55. The number of rotatable bonds is 5. The zero-order valence-corrected chi connectivity index (χ0v) is 10.6. The Morgan fingerprint density at radius 2 is 1.88 bits per heavy atom. The van der Waals surface area contributed by atoms with E-state index in [1.165, 1.54) is 6.33 Å². The van der Waals surface area contributed by atoms with Gasteiger partial charge in [-0.25, -0.2) is 9.97 Å². The molecule has 0 amide bonds. The third kappa shape index (κ3) is 3.06. The van der Waals surface area contributed by atoms with E-state index in [4.69, 9.17) is 5.73 Å². The van der Waals surface area contributed by atoms with Gasteiger partial charge in [-0.2, -0.15) is 0 Å². The zero-order valence-electron chi connectivity index (χ0n) is 10.6. The Labute approximate surface area is 97.3 Å². The molecule has 0 aliphatic heterocycles. The molecular formula is C11H21N5. The summed E-state index contributed by atoms with van der Waals surface area (Å²) < 4.78 is 0. The van der Waals surface area contributed by atoms with Crippen molar-refractivity contribution in [2.45, 2.75) is 13.3 Å². The quantitative estimate of drug-likeness (QED) is 0.793. The molecule has 5 nitrogen and oxygen atoms in total. The van der Waals surface area contributed by atoms with E-state index in [-0.39, 0.29) is 0 Å². The third-order valence-corrected chi connectivity index (χ3v) is 2.55. The minimum absolute atomic E-state index is 0.587. The highest BCUT2D eigenvalue weighted by atomic mass is 15.2.